The summed E-state index contributed by atoms with van der Waals surface area (Å²) in [7, 11) is 1.82. The smallest absolute Gasteiger partial charge is 0.232 e. The number of hydrogen-bond donors (Lipinski definition) is 1. The van der Waals surface area contributed by atoms with E-state index < -0.39 is 0 Å². The minimum absolute atomic E-state index is 0.154. The Bertz CT molecular complexity index is 520. The molecule has 112 valence electrons. The molecule has 0 aromatic heterocycles. The van der Waals surface area contributed by atoms with Crippen LogP contribution in [0.1, 0.15) is 24.0 Å². The third kappa shape index (κ3) is 5.07. The normalized spacial score (nSPS) is 15.4. The summed E-state index contributed by atoms with van der Waals surface area (Å²) in [6.07, 6.45) is 2.29. The number of rotatable bonds is 5. The van der Waals surface area contributed by atoms with Crippen LogP contribution in [0.25, 0.3) is 0 Å². The van der Waals surface area contributed by atoms with Gasteiger partial charge in [-0.2, -0.15) is 5.26 Å². The summed E-state index contributed by atoms with van der Waals surface area (Å²) in [5.74, 6) is 0.694. The number of carbonyl (C=O) groups is 1. The van der Waals surface area contributed by atoms with Crippen molar-refractivity contribution < 1.29 is 4.79 Å². The molecule has 21 heavy (non-hydrogen) atoms. The maximum absolute atomic E-state index is 12.2. The van der Waals surface area contributed by atoms with Crippen LogP contribution in [0.15, 0.2) is 24.3 Å². The number of nitriles is 1. The second kappa shape index (κ2) is 8.06. The number of piperidine rings is 1. The monoisotopic (exact) mass is 303 g/mol. The fraction of sp³-hybridized carbons (Fsp3) is 0.500. The van der Waals surface area contributed by atoms with Crippen LogP contribution in [0.4, 0.5) is 0 Å². The molecule has 0 aliphatic carbocycles. The van der Waals surface area contributed by atoms with E-state index in [9.17, 15) is 4.79 Å². The minimum atomic E-state index is 0.154. The van der Waals surface area contributed by atoms with E-state index >= 15 is 0 Å². The van der Waals surface area contributed by atoms with Crippen molar-refractivity contribution in [3.63, 3.8) is 0 Å². The quantitative estimate of drug-likeness (QED) is 0.904. The van der Waals surface area contributed by atoms with Gasteiger partial charge in [0.05, 0.1) is 17.4 Å². The molecule has 1 amide bonds. The molecule has 0 radical (unpaired) electrons. The molecule has 0 spiro atoms. The lowest BCUT2D eigenvalue weighted by Crippen LogP contribution is -2.32. The van der Waals surface area contributed by atoms with Gasteiger partial charge in [-0.3, -0.25) is 4.79 Å². The summed E-state index contributed by atoms with van der Waals surface area (Å²) >= 11 is 1.77. The molecule has 1 aromatic rings. The number of nitrogens with one attached hydrogen (secondary N) is 1. The highest BCUT2D eigenvalue weighted by atomic mass is 32.2. The van der Waals surface area contributed by atoms with Gasteiger partial charge in [0.25, 0.3) is 0 Å². The third-order valence-corrected chi connectivity index (χ3v) is 4.99. The molecule has 0 bridgehead atoms. The molecule has 1 saturated heterocycles. The van der Waals surface area contributed by atoms with Gasteiger partial charge < -0.3 is 10.2 Å². The van der Waals surface area contributed by atoms with E-state index in [2.05, 4.69) is 11.4 Å². The third-order valence-electron chi connectivity index (χ3n) is 3.63. The number of amides is 1. The SMILES string of the molecule is CN(Cc1cccc(C#N)c1)C(=O)CSC1CCNCC1. The molecule has 2 rings (SSSR count). The molecular formula is C16H21N3OS. The van der Waals surface area contributed by atoms with Crippen molar-refractivity contribution >= 4 is 17.7 Å². The van der Waals surface area contributed by atoms with Gasteiger partial charge in [-0.25, -0.2) is 0 Å². The second-order valence-corrected chi connectivity index (χ2v) is 6.61. The zero-order valence-corrected chi connectivity index (χ0v) is 13.2. The van der Waals surface area contributed by atoms with Crippen molar-refractivity contribution in [1.82, 2.24) is 10.2 Å². The lowest BCUT2D eigenvalue weighted by Gasteiger charge is -2.23. The van der Waals surface area contributed by atoms with E-state index in [-0.39, 0.29) is 5.91 Å². The first-order chi connectivity index (χ1) is 10.2. The Hall–Kier alpha value is -1.51. The minimum Gasteiger partial charge on any atom is -0.341 e. The summed E-state index contributed by atoms with van der Waals surface area (Å²) in [6.45, 7) is 2.67. The molecule has 1 aliphatic heterocycles. The topological polar surface area (TPSA) is 56.1 Å². The van der Waals surface area contributed by atoms with Gasteiger partial charge in [-0.05, 0) is 43.6 Å². The Labute approximate surface area is 130 Å². The predicted octanol–water partition coefficient (Wildman–Crippen LogP) is 2.00. The van der Waals surface area contributed by atoms with Gasteiger partial charge in [0.1, 0.15) is 0 Å². The molecule has 0 unspecified atom stereocenters. The molecule has 0 saturated carbocycles. The number of thioether (sulfide) groups is 1. The molecule has 1 aliphatic rings. The van der Waals surface area contributed by atoms with Crippen molar-refractivity contribution in [1.29, 1.82) is 5.26 Å². The maximum atomic E-state index is 12.2. The highest BCUT2D eigenvalue weighted by molar-refractivity contribution is 8.00. The van der Waals surface area contributed by atoms with Gasteiger partial charge >= 0.3 is 0 Å². The van der Waals surface area contributed by atoms with Gasteiger partial charge in [-0.15, -0.1) is 11.8 Å². The van der Waals surface area contributed by atoms with Gasteiger partial charge in [-0.1, -0.05) is 12.1 Å². The van der Waals surface area contributed by atoms with Crippen LogP contribution in [0, 0.1) is 11.3 Å². The average Bonchev–Trinajstić information content (AvgIpc) is 2.53. The first-order valence-corrected chi connectivity index (χ1v) is 8.29. The zero-order valence-electron chi connectivity index (χ0n) is 12.3. The number of carbonyl (C=O) groups excluding carboxylic acids is 1. The van der Waals surface area contributed by atoms with Gasteiger partial charge in [0.2, 0.25) is 5.91 Å². The van der Waals surface area contributed by atoms with Crippen molar-refractivity contribution in [2.24, 2.45) is 0 Å². The average molecular weight is 303 g/mol. The van der Waals surface area contributed by atoms with E-state index in [1.807, 2.05) is 25.2 Å². The van der Waals surface area contributed by atoms with E-state index in [0.717, 1.165) is 31.5 Å². The Morgan fingerprint density at radius 3 is 2.95 bits per heavy atom. The molecule has 1 aromatic carbocycles. The molecular weight excluding hydrogens is 282 g/mol. The van der Waals surface area contributed by atoms with Crippen LogP contribution in [0.2, 0.25) is 0 Å². The molecule has 0 atom stereocenters. The van der Waals surface area contributed by atoms with E-state index in [1.54, 1.807) is 22.7 Å². The molecule has 1 heterocycles. The lowest BCUT2D eigenvalue weighted by molar-refractivity contribution is -0.127. The van der Waals surface area contributed by atoms with Crippen LogP contribution in [0.3, 0.4) is 0 Å². The van der Waals surface area contributed by atoms with Crippen LogP contribution < -0.4 is 5.32 Å². The lowest BCUT2D eigenvalue weighted by atomic mass is 10.1. The maximum Gasteiger partial charge on any atom is 0.232 e. The summed E-state index contributed by atoms with van der Waals surface area (Å²) in [5, 5.41) is 12.8. The Morgan fingerprint density at radius 2 is 2.24 bits per heavy atom. The highest BCUT2D eigenvalue weighted by Gasteiger charge is 2.16. The van der Waals surface area contributed by atoms with Crippen LogP contribution >= 0.6 is 11.8 Å². The highest BCUT2D eigenvalue weighted by Crippen LogP contribution is 2.20. The number of nitrogens with zero attached hydrogens (tertiary/aromatic N) is 2. The fourth-order valence-corrected chi connectivity index (χ4v) is 3.53. The van der Waals surface area contributed by atoms with Crippen LogP contribution in [-0.2, 0) is 11.3 Å². The summed E-state index contributed by atoms with van der Waals surface area (Å²) in [5.41, 5.74) is 1.63. The van der Waals surface area contributed by atoms with E-state index in [0.29, 0.717) is 23.1 Å². The van der Waals surface area contributed by atoms with Crippen molar-refractivity contribution in [3.05, 3.63) is 35.4 Å². The summed E-state index contributed by atoms with van der Waals surface area (Å²) in [6, 6.07) is 9.54. The van der Waals surface area contributed by atoms with Crippen LogP contribution in [0.5, 0.6) is 0 Å². The van der Waals surface area contributed by atoms with E-state index in [1.165, 1.54) is 0 Å². The Kier molecular flexibility index (Phi) is 6.09. The number of benzene rings is 1. The number of hydrogen-bond acceptors (Lipinski definition) is 4. The van der Waals surface area contributed by atoms with Gasteiger partial charge in [0, 0.05) is 18.8 Å². The zero-order chi connectivity index (χ0) is 15.1. The summed E-state index contributed by atoms with van der Waals surface area (Å²) < 4.78 is 0. The second-order valence-electron chi connectivity index (χ2n) is 5.32. The standard InChI is InChI=1S/C16H21N3OS/c1-19(11-14-4-2-3-13(9-14)10-17)16(20)12-21-15-5-7-18-8-6-15/h2-4,9,15,18H,5-8,11-12H2,1H3. The van der Waals surface area contributed by atoms with Crippen molar-refractivity contribution in [2.45, 2.75) is 24.6 Å². The van der Waals surface area contributed by atoms with Crippen molar-refractivity contribution in [2.75, 3.05) is 25.9 Å². The Morgan fingerprint density at radius 1 is 1.48 bits per heavy atom. The molecule has 5 heteroatoms. The van der Waals surface area contributed by atoms with Crippen molar-refractivity contribution in [3.8, 4) is 6.07 Å². The summed E-state index contributed by atoms with van der Waals surface area (Å²) in [4.78, 5) is 13.9. The molecule has 1 N–H and O–H groups in total. The van der Waals surface area contributed by atoms with E-state index in [4.69, 9.17) is 5.26 Å². The van der Waals surface area contributed by atoms with Gasteiger partial charge in [0.15, 0.2) is 0 Å². The van der Waals surface area contributed by atoms with Crippen LogP contribution in [-0.4, -0.2) is 41.9 Å². The largest absolute Gasteiger partial charge is 0.341 e. The first kappa shape index (κ1) is 15.9. The Balaban J connectivity index is 1.80. The molecule has 1 fully saturated rings. The first-order valence-electron chi connectivity index (χ1n) is 7.24. The fourth-order valence-electron chi connectivity index (χ4n) is 2.36. The predicted molar refractivity (Wildman–Crippen MR) is 86.0 cm³/mol. The molecule has 4 nitrogen and oxygen atoms in total.